The predicted molar refractivity (Wildman–Crippen MR) is 61.6 cm³/mol. The minimum Gasteiger partial charge on any atom is -0.462 e. The van der Waals surface area contributed by atoms with Gasteiger partial charge in [-0.1, -0.05) is 25.8 Å². The average Bonchev–Trinajstić information content (AvgIpc) is 2.56. The van der Waals surface area contributed by atoms with E-state index in [1.807, 2.05) is 6.08 Å². The average molecular weight is 210 g/mol. The van der Waals surface area contributed by atoms with E-state index >= 15 is 0 Å². The van der Waals surface area contributed by atoms with E-state index in [1.165, 1.54) is 19.3 Å². The van der Waals surface area contributed by atoms with Crippen LogP contribution in [0, 0.1) is 5.92 Å². The minimum absolute atomic E-state index is 0.00874. The van der Waals surface area contributed by atoms with Crippen LogP contribution in [0.5, 0.6) is 0 Å². The third-order valence-corrected chi connectivity index (χ3v) is 3.07. The van der Waals surface area contributed by atoms with Gasteiger partial charge in [-0.25, -0.2) is 0 Å². The van der Waals surface area contributed by atoms with Crippen molar-refractivity contribution in [3.05, 3.63) is 12.7 Å². The molecule has 0 N–H and O–H groups in total. The molecule has 2 heteroatoms. The Kier molecular flexibility index (Phi) is 5.44. The van der Waals surface area contributed by atoms with Crippen molar-refractivity contribution in [1.82, 2.24) is 0 Å². The number of allylic oxidation sites excluding steroid dienone is 1. The van der Waals surface area contributed by atoms with Crippen molar-refractivity contribution in [3.8, 4) is 0 Å². The van der Waals surface area contributed by atoms with Crippen LogP contribution in [0.3, 0.4) is 0 Å². The molecule has 1 rings (SSSR count). The Morgan fingerprint density at radius 2 is 2.27 bits per heavy atom. The summed E-state index contributed by atoms with van der Waals surface area (Å²) in [5.41, 5.74) is 0. The van der Waals surface area contributed by atoms with Crippen molar-refractivity contribution < 1.29 is 9.53 Å². The summed E-state index contributed by atoms with van der Waals surface area (Å²) >= 11 is 0. The Morgan fingerprint density at radius 3 is 2.93 bits per heavy atom. The maximum Gasteiger partial charge on any atom is 0.306 e. The van der Waals surface area contributed by atoms with Gasteiger partial charge in [0.05, 0.1) is 6.42 Å². The smallest absolute Gasteiger partial charge is 0.306 e. The van der Waals surface area contributed by atoms with Crippen LogP contribution >= 0.6 is 0 Å². The Labute approximate surface area is 92.7 Å². The summed E-state index contributed by atoms with van der Waals surface area (Å²) in [7, 11) is 0. The summed E-state index contributed by atoms with van der Waals surface area (Å²) in [6.45, 7) is 5.91. The van der Waals surface area contributed by atoms with Crippen LogP contribution in [0.15, 0.2) is 12.7 Å². The zero-order valence-corrected chi connectivity index (χ0v) is 9.71. The topological polar surface area (TPSA) is 26.3 Å². The molecule has 0 bridgehead atoms. The molecule has 1 aliphatic heterocycles. The van der Waals surface area contributed by atoms with Crippen LogP contribution in [0.1, 0.15) is 51.9 Å². The number of rotatable bonds is 7. The van der Waals surface area contributed by atoms with Gasteiger partial charge in [0.15, 0.2) is 0 Å². The van der Waals surface area contributed by atoms with Crippen LogP contribution in [0.25, 0.3) is 0 Å². The molecule has 0 saturated carbocycles. The number of carbonyl (C=O) groups excluding carboxylic acids is 1. The first kappa shape index (κ1) is 12.3. The molecule has 1 aliphatic rings. The van der Waals surface area contributed by atoms with Gasteiger partial charge in [0.1, 0.15) is 6.10 Å². The maximum atomic E-state index is 11.2. The lowest BCUT2D eigenvalue weighted by molar-refractivity contribution is -0.141. The predicted octanol–water partition coefficient (Wildman–Crippen LogP) is 3.46. The maximum absolute atomic E-state index is 11.2. The second kappa shape index (κ2) is 6.65. The van der Waals surface area contributed by atoms with Gasteiger partial charge in [0, 0.05) is 5.92 Å². The van der Waals surface area contributed by atoms with Gasteiger partial charge in [-0.05, 0) is 25.7 Å². The molecule has 0 radical (unpaired) electrons. The van der Waals surface area contributed by atoms with Crippen molar-refractivity contribution in [1.29, 1.82) is 0 Å². The number of esters is 1. The van der Waals surface area contributed by atoms with E-state index in [-0.39, 0.29) is 12.1 Å². The number of cyclic esters (lactones) is 1. The molecule has 2 nitrogen and oxygen atoms in total. The minimum atomic E-state index is -0.00874. The Morgan fingerprint density at radius 1 is 1.47 bits per heavy atom. The van der Waals surface area contributed by atoms with Crippen molar-refractivity contribution in [2.75, 3.05) is 0 Å². The fourth-order valence-corrected chi connectivity index (χ4v) is 2.17. The SMILES string of the molecule is C=CCC[C@@H]1CC(=O)O[C@H]1CCCCC. The summed E-state index contributed by atoms with van der Waals surface area (Å²) in [5.74, 6) is 0.429. The molecule has 15 heavy (non-hydrogen) atoms. The molecule has 0 aromatic rings. The second-order valence-corrected chi connectivity index (χ2v) is 4.35. The number of ether oxygens (including phenoxy) is 1. The van der Waals surface area contributed by atoms with Crippen molar-refractivity contribution in [2.45, 2.75) is 58.0 Å². The van der Waals surface area contributed by atoms with Crippen molar-refractivity contribution >= 4 is 5.97 Å². The number of hydrogen-bond acceptors (Lipinski definition) is 2. The fourth-order valence-electron chi connectivity index (χ4n) is 2.17. The van der Waals surface area contributed by atoms with Gasteiger partial charge >= 0.3 is 5.97 Å². The van der Waals surface area contributed by atoms with Gasteiger partial charge in [-0.15, -0.1) is 6.58 Å². The number of unbranched alkanes of at least 4 members (excludes halogenated alkanes) is 2. The first-order valence-corrected chi connectivity index (χ1v) is 6.08. The largest absolute Gasteiger partial charge is 0.462 e. The highest BCUT2D eigenvalue weighted by Gasteiger charge is 2.33. The molecule has 1 saturated heterocycles. The van der Waals surface area contributed by atoms with E-state index in [2.05, 4.69) is 13.5 Å². The molecule has 0 aromatic heterocycles. The standard InChI is InChI=1S/C13H22O2/c1-3-5-7-9-12-11(8-6-4-2)10-13(14)15-12/h4,11-12H,2-3,5-10H2,1H3/t11-,12+/m1/s1. The molecule has 0 aliphatic carbocycles. The van der Waals surface area contributed by atoms with Crippen molar-refractivity contribution in [2.24, 2.45) is 5.92 Å². The highest BCUT2D eigenvalue weighted by molar-refractivity contribution is 5.72. The van der Waals surface area contributed by atoms with E-state index < -0.39 is 0 Å². The van der Waals surface area contributed by atoms with E-state index in [9.17, 15) is 4.79 Å². The summed E-state index contributed by atoms with van der Waals surface area (Å²) in [4.78, 5) is 11.2. The first-order chi connectivity index (χ1) is 7.27. The molecule has 0 aromatic carbocycles. The lowest BCUT2D eigenvalue weighted by Gasteiger charge is -2.16. The van der Waals surface area contributed by atoms with Crippen LogP contribution < -0.4 is 0 Å². The van der Waals surface area contributed by atoms with E-state index in [4.69, 9.17) is 4.74 Å². The Balaban J connectivity index is 2.31. The van der Waals surface area contributed by atoms with E-state index in [1.54, 1.807) is 0 Å². The molecular weight excluding hydrogens is 188 g/mol. The van der Waals surface area contributed by atoms with Crippen molar-refractivity contribution in [3.63, 3.8) is 0 Å². The van der Waals surface area contributed by atoms with Crippen LogP contribution in [0.2, 0.25) is 0 Å². The van der Waals surface area contributed by atoms with Gasteiger partial charge in [-0.2, -0.15) is 0 Å². The summed E-state index contributed by atoms with van der Waals surface area (Å²) in [6.07, 6.45) is 9.44. The van der Waals surface area contributed by atoms with E-state index in [0.29, 0.717) is 12.3 Å². The lowest BCUT2D eigenvalue weighted by Crippen LogP contribution is -2.15. The first-order valence-electron chi connectivity index (χ1n) is 6.08. The summed E-state index contributed by atoms with van der Waals surface area (Å²) in [5, 5.41) is 0. The van der Waals surface area contributed by atoms with E-state index in [0.717, 1.165) is 19.3 Å². The van der Waals surface area contributed by atoms with Gasteiger partial charge in [0.25, 0.3) is 0 Å². The summed E-state index contributed by atoms with van der Waals surface area (Å²) < 4.78 is 5.34. The quantitative estimate of drug-likeness (QED) is 0.365. The zero-order chi connectivity index (χ0) is 11.1. The molecule has 0 spiro atoms. The zero-order valence-electron chi connectivity index (χ0n) is 9.71. The Bertz CT molecular complexity index is 211. The molecular formula is C13H22O2. The Hall–Kier alpha value is -0.790. The van der Waals surface area contributed by atoms with Crippen LogP contribution in [-0.2, 0) is 9.53 Å². The van der Waals surface area contributed by atoms with Crippen LogP contribution in [-0.4, -0.2) is 12.1 Å². The molecule has 1 heterocycles. The summed E-state index contributed by atoms with van der Waals surface area (Å²) in [6, 6.07) is 0. The molecule has 0 unspecified atom stereocenters. The fraction of sp³-hybridized carbons (Fsp3) is 0.769. The number of carbonyl (C=O) groups is 1. The second-order valence-electron chi connectivity index (χ2n) is 4.35. The normalized spacial score (nSPS) is 25.3. The van der Waals surface area contributed by atoms with Gasteiger partial charge < -0.3 is 4.74 Å². The molecule has 1 fully saturated rings. The third-order valence-electron chi connectivity index (χ3n) is 3.07. The van der Waals surface area contributed by atoms with Gasteiger partial charge in [-0.3, -0.25) is 4.79 Å². The number of hydrogen-bond donors (Lipinski definition) is 0. The third kappa shape index (κ3) is 4.06. The molecule has 2 atom stereocenters. The lowest BCUT2D eigenvalue weighted by atomic mass is 9.92. The molecule has 0 amide bonds. The molecule has 86 valence electrons. The van der Waals surface area contributed by atoms with Crippen LogP contribution in [0.4, 0.5) is 0 Å². The monoisotopic (exact) mass is 210 g/mol. The van der Waals surface area contributed by atoms with Gasteiger partial charge in [0.2, 0.25) is 0 Å². The highest BCUT2D eigenvalue weighted by atomic mass is 16.5. The highest BCUT2D eigenvalue weighted by Crippen LogP contribution is 2.29.